The number of benzene rings is 2. The summed E-state index contributed by atoms with van der Waals surface area (Å²) in [6.45, 7) is 7.85. The number of piperidine rings is 1. The predicted octanol–water partition coefficient (Wildman–Crippen LogP) is 4.54. The first-order valence-corrected chi connectivity index (χ1v) is 12.0. The molecule has 7 heteroatoms. The van der Waals surface area contributed by atoms with Crippen molar-refractivity contribution in [2.75, 3.05) is 41.0 Å². The van der Waals surface area contributed by atoms with E-state index in [1.807, 2.05) is 47.4 Å². The maximum absolute atomic E-state index is 13.4. The molecule has 2 aromatic rings. The number of hydrogen-bond acceptors (Lipinski definition) is 5. The SMILES string of the molecule is COc1ccc(CN(C(=O)NCc2ccc(OCC(C)C)cc2)C2CCN(C)CC2)c(OC)c1. The molecule has 0 saturated carbocycles. The molecule has 7 nitrogen and oxygen atoms in total. The Morgan fingerprint density at radius 3 is 2.35 bits per heavy atom. The first kappa shape index (κ1) is 25.7. The van der Waals surface area contributed by atoms with E-state index in [0.717, 1.165) is 54.3 Å². The number of carbonyl (C=O) groups excluding carboxylic acids is 1. The van der Waals surface area contributed by atoms with Crippen molar-refractivity contribution in [3.63, 3.8) is 0 Å². The van der Waals surface area contributed by atoms with Gasteiger partial charge >= 0.3 is 6.03 Å². The van der Waals surface area contributed by atoms with E-state index in [2.05, 4.69) is 31.1 Å². The van der Waals surface area contributed by atoms with Gasteiger partial charge in [0.25, 0.3) is 0 Å². The lowest BCUT2D eigenvalue weighted by Crippen LogP contribution is -2.49. The van der Waals surface area contributed by atoms with Crippen LogP contribution in [0.25, 0.3) is 0 Å². The number of urea groups is 1. The van der Waals surface area contributed by atoms with Crippen LogP contribution < -0.4 is 19.5 Å². The lowest BCUT2D eigenvalue weighted by Gasteiger charge is -2.37. The highest BCUT2D eigenvalue weighted by atomic mass is 16.5. The van der Waals surface area contributed by atoms with Gasteiger partial charge in [-0.3, -0.25) is 0 Å². The van der Waals surface area contributed by atoms with Gasteiger partial charge in [0.15, 0.2) is 0 Å². The molecule has 34 heavy (non-hydrogen) atoms. The summed E-state index contributed by atoms with van der Waals surface area (Å²) in [4.78, 5) is 17.6. The monoisotopic (exact) mass is 469 g/mol. The van der Waals surface area contributed by atoms with Crippen LogP contribution in [0.4, 0.5) is 4.79 Å². The van der Waals surface area contributed by atoms with E-state index in [9.17, 15) is 4.79 Å². The first-order chi connectivity index (χ1) is 16.4. The summed E-state index contributed by atoms with van der Waals surface area (Å²) in [6.07, 6.45) is 1.90. The molecule has 1 heterocycles. The number of nitrogens with one attached hydrogen (secondary N) is 1. The Hall–Kier alpha value is -2.93. The molecular formula is C27H39N3O4. The van der Waals surface area contributed by atoms with Crippen molar-refractivity contribution in [2.45, 2.75) is 45.8 Å². The van der Waals surface area contributed by atoms with Crippen LogP contribution in [0.3, 0.4) is 0 Å². The minimum atomic E-state index is -0.0624. The Morgan fingerprint density at radius 1 is 1.06 bits per heavy atom. The molecule has 1 fully saturated rings. The van der Waals surface area contributed by atoms with Crippen LogP contribution in [0.1, 0.15) is 37.8 Å². The highest BCUT2D eigenvalue weighted by molar-refractivity contribution is 5.74. The normalized spacial score (nSPS) is 14.6. The zero-order valence-corrected chi connectivity index (χ0v) is 21.2. The zero-order chi connectivity index (χ0) is 24.5. The third kappa shape index (κ3) is 7.29. The number of hydrogen-bond donors (Lipinski definition) is 1. The summed E-state index contributed by atoms with van der Waals surface area (Å²) in [5.74, 6) is 2.79. The second-order valence-corrected chi connectivity index (χ2v) is 9.35. The highest BCUT2D eigenvalue weighted by Crippen LogP contribution is 2.28. The molecule has 0 bridgehead atoms. The molecule has 0 spiro atoms. The number of ether oxygens (including phenoxy) is 3. The van der Waals surface area contributed by atoms with Gasteiger partial charge < -0.3 is 29.3 Å². The zero-order valence-electron chi connectivity index (χ0n) is 21.2. The van der Waals surface area contributed by atoms with Crippen molar-refractivity contribution < 1.29 is 19.0 Å². The van der Waals surface area contributed by atoms with Crippen LogP contribution in [-0.4, -0.2) is 62.8 Å². The fourth-order valence-electron chi connectivity index (χ4n) is 4.09. The van der Waals surface area contributed by atoms with Gasteiger partial charge in [0.05, 0.1) is 27.4 Å². The van der Waals surface area contributed by atoms with Crippen LogP contribution in [0.15, 0.2) is 42.5 Å². The minimum absolute atomic E-state index is 0.0624. The van der Waals surface area contributed by atoms with E-state index in [-0.39, 0.29) is 12.1 Å². The van der Waals surface area contributed by atoms with E-state index >= 15 is 0 Å². The van der Waals surface area contributed by atoms with Crippen molar-refractivity contribution in [3.8, 4) is 17.2 Å². The molecule has 0 unspecified atom stereocenters. The fourth-order valence-corrected chi connectivity index (χ4v) is 4.09. The largest absolute Gasteiger partial charge is 0.497 e. The van der Waals surface area contributed by atoms with Gasteiger partial charge in [-0.2, -0.15) is 0 Å². The molecule has 1 N–H and O–H groups in total. The number of rotatable bonds is 10. The fraction of sp³-hybridized carbons (Fsp3) is 0.519. The summed E-state index contributed by atoms with van der Waals surface area (Å²) >= 11 is 0. The third-order valence-electron chi connectivity index (χ3n) is 6.18. The molecule has 1 saturated heterocycles. The van der Waals surface area contributed by atoms with E-state index in [1.54, 1.807) is 14.2 Å². The van der Waals surface area contributed by atoms with Gasteiger partial charge in [0.2, 0.25) is 0 Å². The summed E-state index contributed by atoms with van der Waals surface area (Å²) in [7, 11) is 5.41. The van der Waals surface area contributed by atoms with Gasteiger partial charge in [-0.15, -0.1) is 0 Å². The molecule has 0 atom stereocenters. The van der Waals surface area contributed by atoms with E-state index in [4.69, 9.17) is 14.2 Å². The Balaban J connectivity index is 1.69. The maximum atomic E-state index is 13.4. The van der Waals surface area contributed by atoms with Gasteiger partial charge in [0, 0.05) is 24.2 Å². The lowest BCUT2D eigenvalue weighted by atomic mass is 10.0. The topological polar surface area (TPSA) is 63.3 Å². The van der Waals surface area contributed by atoms with Gasteiger partial charge in [-0.05, 0) is 68.7 Å². The predicted molar refractivity (Wildman–Crippen MR) is 135 cm³/mol. The second kappa shape index (κ2) is 12.5. The molecule has 186 valence electrons. The quantitative estimate of drug-likeness (QED) is 0.553. The van der Waals surface area contributed by atoms with Crippen molar-refractivity contribution in [2.24, 2.45) is 5.92 Å². The molecule has 2 amide bonds. The van der Waals surface area contributed by atoms with Crippen LogP contribution in [0.2, 0.25) is 0 Å². The van der Waals surface area contributed by atoms with Crippen LogP contribution >= 0.6 is 0 Å². The average Bonchev–Trinajstić information content (AvgIpc) is 2.85. The Kier molecular flexibility index (Phi) is 9.45. The van der Waals surface area contributed by atoms with E-state index < -0.39 is 0 Å². The molecule has 1 aliphatic rings. The number of amides is 2. The summed E-state index contributed by atoms with van der Waals surface area (Å²) in [5, 5.41) is 3.12. The van der Waals surface area contributed by atoms with Gasteiger partial charge in [0.1, 0.15) is 17.2 Å². The van der Waals surface area contributed by atoms with Gasteiger partial charge in [-0.25, -0.2) is 4.79 Å². The summed E-state index contributed by atoms with van der Waals surface area (Å²) in [5.41, 5.74) is 2.00. The Labute approximate surface area is 204 Å². The standard InChI is InChI=1S/C27H39N3O4/c1-20(2)19-34-24-9-6-21(7-10-24)17-28-27(31)30(23-12-14-29(3)15-13-23)18-22-8-11-25(32-4)16-26(22)33-5/h6-11,16,20,23H,12-15,17-19H2,1-5H3,(H,28,31). The maximum Gasteiger partial charge on any atom is 0.318 e. The summed E-state index contributed by atoms with van der Waals surface area (Å²) in [6, 6.07) is 13.8. The van der Waals surface area contributed by atoms with Crippen molar-refractivity contribution in [3.05, 3.63) is 53.6 Å². The van der Waals surface area contributed by atoms with Crippen molar-refractivity contribution >= 4 is 6.03 Å². The van der Waals surface area contributed by atoms with Crippen LogP contribution in [0, 0.1) is 5.92 Å². The van der Waals surface area contributed by atoms with Crippen LogP contribution in [-0.2, 0) is 13.1 Å². The number of likely N-dealkylation sites (tertiary alicyclic amines) is 1. The van der Waals surface area contributed by atoms with Crippen LogP contribution in [0.5, 0.6) is 17.2 Å². The summed E-state index contributed by atoms with van der Waals surface area (Å²) < 4.78 is 16.7. The van der Waals surface area contributed by atoms with E-state index in [1.165, 1.54) is 0 Å². The van der Waals surface area contributed by atoms with Crippen molar-refractivity contribution in [1.82, 2.24) is 15.1 Å². The van der Waals surface area contributed by atoms with Gasteiger partial charge in [-0.1, -0.05) is 26.0 Å². The number of carbonyl (C=O) groups is 1. The molecule has 1 aliphatic heterocycles. The van der Waals surface area contributed by atoms with Crippen molar-refractivity contribution in [1.29, 1.82) is 0 Å². The number of nitrogens with zero attached hydrogens (tertiary/aromatic N) is 2. The molecule has 2 aromatic carbocycles. The smallest absolute Gasteiger partial charge is 0.318 e. The molecule has 0 radical (unpaired) electrons. The molecule has 3 rings (SSSR count). The Bertz CT molecular complexity index is 909. The highest BCUT2D eigenvalue weighted by Gasteiger charge is 2.28. The Morgan fingerprint density at radius 2 is 1.74 bits per heavy atom. The number of methoxy groups -OCH3 is 2. The molecular weight excluding hydrogens is 430 g/mol. The minimum Gasteiger partial charge on any atom is -0.497 e. The molecule has 0 aromatic heterocycles. The average molecular weight is 470 g/mol. The van der Waals surface area contributed by atoms with E-state index in [0.29, 0.717) is 25.6 Å². The third-order valence-corrected chi connectivity index (χ3v) is 6.18. The first-order valence-electron chi connectivity index (χ1n) is 12.0. The second-order valence-electron chi connectivity index (χ2n) is 9.35. The molecule has 0 aliphatic carbocycles. The lowest BCUT2D eigenvalue weighted by molar-refractivity contribution is 0.126.